The predicted molar refractivity (Wildman–Crippen MR) is 96.5 cm³/mol. The standard InChI is InChI=1S/C18H13ClN2O2S/c1-3-9-21-15-8-7-13(19)11-16(15)24-18(21)20-17(22)12-5-4-6-14(10-12)23-2/h1,4-8,10-11H,9H2,2H3. The molecule has 120 valence electrons. The van der Waals surface area contributed by atoms with Crippen LogP contribution in [-0.4, -0.2) is 17.6 Å². The van der Waals surface area contributed by atoms with Crippen LogP contribution in [0.1, 0.15) is 10.4 Å². The van der Waals surface area contributed by atoms with Crippen LogP contribution in [-0.2, 0) is 6.54 Å². The minimum absolute atomic E-state index is 0.325. The maximum absolute atomic E-state index is 12.5. The van der Waals surface area contributed by atoms with E-state index >= 15 is 0 Å². The van der Waals surface area contributed by atoms with Gasteiger partial charge in [0.15, 0.2) is 4.80 Å². The maximum Gasteiger partial charge on any atom is 0.279 e. The Balaban J connectivity index is 2.13. The van der Waals surface area contributed by atoms with E-state index in [1.165, 1.54) is 11.3 Å². The molecule has 1 aromatic heterocycles. The molecule has 0 N–H and O–H groups in total. The van der Waals surface area contributed by atoms with Crippen molar-refractivity contribution in [1.82, 2.24) is 4.57 Å². The van der Waals surface area contributed by atoms with Crippen molar-refractivity contribution in [2.45, 2.75) is 6.54 Å². The van der Waals surface area contributed by atoms with Crippen LogP contribution in [0.25, 0.3) is 10.2 Å². The summed E-state index contributed by atoms with van der Waals surface area (Å²) in [5.41, 5.74) is 1.36. The number of nitrogens with zero attached hydrogens (tertiary/aromatic N) is 2. The van der Waals surface area contributed by atoms with Gasteiger partial charge in [-0.1, -0.05) is 34.9 Å². The minimum atomic E-state index is -0.350. The minimum Gasteiger partial charge on any atom is -0.497 e. The molecule has 0 fully saturated rings. The van der Waals surface area contributed by atoms with Crippen molar-refractivity contribution < 1.29 is 9.53 Å². The SMILES string of the molecule is C#CCn1c(=NC(=O)c2cccc(OC)c2)sc2cc(Cl)ccc21. The molecule has 1 amide bonds. The number of aromatic nitrogens is 1. The number of carbonyl (C=O) groups is 1. The molecule has 6 heteroatoms. The molecule has 3 aromatic rings. The van der Waals surface area contributed by atoms with Crippen molar-refractivity contribution in [3.8, 4) is 18.1 Å². The predicted octanol–water partition coefficient (Wildman–Crippen LogP) is 3.74. The highest BCUT2D eigenvalue weighted by atomic mass is 35.5. The number of carbonyl (C=O) groups excluding carboxylic acids is 1. The van der Waals surface area contributed by atoms with Crippen LogP contribution in [0, 0.1) is 12.3 Å². The van der Waals surface area contributed by atoms with Crippen molar-refractivity contribution in [2.24, 2.45) is 4.99 Å². The Kier molecular flexibility index (Phi) is 4.70. The zero-order valence-electron chi connectivity index (χ0n) is 12.8. The van der Waals surface area contributed by atoms with Crippen LogP contribution in [0.4, 0.5) is 0 Å². The van der Waals surface area contributed by atoms with Gasteiger partial charge in [0.2, 0.25) is 0 Å². The molecule has 0 aliphatic rings. The number of thiazole rings is 1. The second-order valence-electron chi connectivity index (χ2n) is 4.94. The van der Waals surface area contributed by atoms with E-state index in [2.05, 4.69) is 10.9 Å². The van der Waals surface area contributed by atoms with Crippen LogP contribution in [0.2, 0.25) is 5.02 Å². The Morgan fingerprint density at radius 3 is 2.96 bits per heavy atom. The molecule has 0 bridgehead atoms. The topological polar surface area (TPSA) is 43.6 Å². The first-order valence-electron chi connectivity index (χ1n) is 7.08. The molecule has 0 atom stereocenters. The molecule has 0 saturated heterocycles. The monoisotopic (exact) mass is 356 g/mol. The van der Waals surface area contributed by atoms with E-state index in [0.717, 1.165) is 10.2 Å². The van der Waals surface area contributed by atoms with Gasteiger partial charge in [-0.2, -0.15) is 4.99 Å². The lowest BCUT2D eigenvalue weighted by atomic mass is 10.2. The average Bonchev–Trinajstić information content (AvgIpc) is 2.91. The lowest BCUT2D eigenvalue weighted by Gasteiger charge is -2.01. The third-order valence-corrected chi connectivity index (χ3v) is 4.68. The van der Waals surface area contributed by atoms with Crippen molar-refractivity contribution in [3.05, 3.63) is 57.9 Å². The fraction of sp³-hybridized carbons (Fsp3) is 0.111. The van der Waals surface area contributed by atoms with Gasteiger partial charge in [0.05, 0.1) is 23.9 Å². The number of ether oxygens (including phenoxy) is 1. The van der Waals surface area contributed by atoms with Gasteiger partial charge in [-0.05, 0) is 36.4 Å². The van der Waals surface area contributed by atoms with Crippen molar-refractivity contribution in [3.63, 3.8) is 0 Å². The summed E-state index contributed by atoms with van der Waals surface area (Å²) in [4.78, 5) is 17.3. The number of hydrogen-bond acceptors (Lipinski definition) is 3. The summed E-state index contributed by atoms with van der Waals surface area (Å²) in [6.07, 6.45) is 5.45. The fourth-order valence-electron chi connectivity index (χ4n) is 2.28. The Labute approximate surface area is 148 Å². The first-order chi connectivity index (χ1) is 11.6. The second kappa shape index (κ2) is 6.91. The molecule has 0 aliphatic heterocycles. The van der Waals surface area contributed by atoms with Crippen molar-refractivity contribution in [1.29, 1.82) is 0 Å². The van der Waals surface area contributed by atoms with Crippen molar-refractivity contribution in [2.75, 3.05) is 7.11 Å². The first kappa shape index (κ1) is 16.3. The third kappa shape index (κ3) is 3.21. The van der Waals surface area contributed by atoms with Gasteiger partial charge < -0.3 is 9.30 Å². The van der Waals surface area contributed by atoms with E-state index in [1.54, 1.807) is 37.4 Å². The Morgan fingerprint density at radius 2 is 2.21 bits per heavy atom. The van der Waals surface area contributed by atoms with Gasteiger partial charge >= 0.3 is 0 Å². The molecule has 0 aliphatic carbocycles. The molecule has 0 radical (unpaired) electrons. The van der Waals surface area contributed by atoms with Gasteiger partial charge in [-0.25, -0.2) is 0 Å². The molecule has 2 aromatic carbocycles. The normalized spacial score (nSPS) is 11.5. The smallest absolute Gasteiger partial charge is 0.279 e. The van der Waals surface area contributed by atoms with E-state index in [-0.39, 0.29) is 5.91 Å². The van der Waals surface area contributed by atoms with E-state index < -0.39 is 0 Å². The zero-order chi connectivity index (χ0) is 17.1. The fourth-order valence-corrected chi connectivity index (χ4v) is 3.59. The lowest BCUT2D eigenvalue weighted by molar-refractivity contribution is 0.0997. The number of rotatable bonds is 3. The second-order valence-corrected chi connectivity index (χ2v) is 6.38. The largest absolute Gasteiger partial charge is 0.497 e. The first-order valence-corrected chi connectivity index (χ1v) is 8.27. The molecule has 1 heterocycles. The number of hydrogen-bond donors (Lipinski definition) is 0. The molecule has 3 rings (SSSR count). The molecule has 4 nitrogen and oxygen atoms in total. The molecular weight excluding hydrogens is 344 g/mol. The molecule has 0 unspecified atom stereocenters. The third-order valence-electron chi connectivity index (χ3n) is 3.41. The molecular formula is C18H13ClN2O2S. The van der Waals surface area contributed by atoms with E-state index in [9.17, 15) is 4.79 Å². The van der Waals surface area contributed by atoms with Crippen LogP contribution < -0.4 is 9.54 Å². The summed E-state index contributed by atoms with van der Waals surface area (Å²) in [5.74, 6) is 2.85. The van der Waals surface area contributed by atoms with E-state index in [4.69, 9.17) is 22.8 Å². The number of terminal acetylenes is 1. The van der Waals surface area contributed by atoms with Crippen LogP contribution in [0.3, 0.4) is 0 Å². The highest BCUT2D eigenvalue weighted by molar-refractivity contribution is 7.16. The zero-order valence-corrected chi connectivity index (χ0v) is 14.4. The molecule has 24 heavy (non-hydrogen) atoms. The van der Waals surface area contributed by atoms with E-state index in [1.807, 2.05) is 16.7 Å². The summed E-state index contributed by atoms with van der Waals surface area (Å²) >= 11 is 7.41. The summed E-state index contributed by atoms with van der Waals surface area (Å²) in [6, 6.07) is 12.4. The average molecular weight is 357 g/mol. The van der Waals surface area contributed by atoms with Crippen LogP contribution in [0.5, 0.6) is 5.75 Å². The van der Waals surface area contributed by atoms with Crippen molar-refractivity contribution >= 4 is 39.1 Å². The van der Waals surface area contributed by atoms with Gasteiger partial charge in [0.25, 0.3) is 5.91 Å². The Morgan fingerprint density at radius 1 is 1.38 bits per heavy atom. The maximum atomic E-state index is 12.5. The summed E-state index contributed by atoms with van der Waals surface area (Å²) in [5, 5.41) is 0.627. The Bertz CT molecular complexity index is 1030. The Hall–Kier alpha value is -2.55. The van der Waals surface area contributed by atoms with Gasteiger partial charge in [0.1, 0.15) is 5.75 Å². The summed E-state index contributed by atoms with van der Waals surface area (Å²) in [7, 11) is 1.55. The molecule has 0 spiro atoms. The van der Waals surface area contributed by atoms with Crippen LogP contribution in [0.15, 0.2) is 47.5 Å². The summed E-state index contributed by atoms with van der Waals surface area (Å²) < 4.78 is 7.89. The number of benzene rings is 2. The lowest BCUT2D eigenvalue weighted by Crippen LogP contribution is -2.16. The van der Waals surface area contributed by atoms with E-state index in [0.29, 0.717) is 27.7 Å². The van der Waals surface area contributed by atoms with Gasteiger partial charge in [0, 0.05) is 10.6 Å². The summed E-state index contributed by atoms with van der Waals surface area (Å²) in [6.45, 7) is 0.325. The number of fused-ring (bicyclic) bond motifs is 1. The number of halogens is 1. The highest BCUT2D eigenvalue weighted by Crippen LogP contribution is 2.22. The van der Waals surface area contributed by atoms with Gasteiger partial charge in [-0.3, -0.25) is 4.79 Å². The molecule has 0 saturated carbocycles. The van der Waals surface area contributed by atoms with Gasteiger partial charge in [-0.15, -0.1) is 6.42 Å². The van der Waals surface area contributed by atoms with Crippen LogP contribution >= 0.6 is 22.9 Å². The quantitative estimate of drug-likeness (QED) is 0.671. The number of methoxy groups -OCH3 is 1. The number of amides is 1. The highest BCUT2D eigenvalue weighted by Gasteiger charge is 2.10.